The van der Waals surface area contributed by atoms with E-state index < -0.39 is 0 Å². The molecule has 1 heterocycles. The fraction of sp³-hybridized carbons (Fsp3) is 0.267. The molecular formula is C15H15ClN2S. The second-order valence-corrected chi connectivity index (χ2v) is 5.94. The molecular weight excluding hydrogens is 276 g/mol. The highest BCUT2D eigenvalue weighted by molar-refractivity contribution is 7.12. The molecule has 0 amide bonds. The molecule has 2 rings (SSSR count). The number of nitrogens with zero attached hydrogens (tertiary/aromatic N) is 1. The van der Waals surface area contributed by atoms with E-state index in [0.717, 1.165) is 12.1 Å². The maximum absolute atomic E-state index is 8.92. The molecule has 2 nitrogen and oxygen atoms in total. The Labute approximate surface area is 122 Å². The first-order chi connectivity index (χ1) is 9.13. The second-order valence-electron chi connectivity index (χ2n) is 4.33. The SMILES string of the molecule is CCc1ccc(C(C)Nc2cc(C#N)ccc2Cl)s1. The smallest absolute Gasteiger partial charge is 0.0992 e. The zero-order valence-electron chi connectivity index (χ0n) is 10.9. The third-order valence-electron chi connectivity index (χ3n) is 2.93. The second kappa shape index (κ2) is 6.10. The summed E-state index contributed by atoms with van der Waals surface area (Å²) in [4.78, 5) is 2.65. The Morgan fingerprint density at radius 1 is 1.37 bits per heavy atom. The van der Waals surface area contributed by atoms with E-state index in [1.807, 2.05) is 0 Å². The molecule has 2 aromatic rings. The van der Waals surface area contributed by atoms with Crippen LogP contribution in [0.5, 0.6) is 0 Å². The number of aryl methyl sites for hydroxylation is 1. The van der Waals surface area contributed by atoms with Gasteiger partial charge in [0.05, 0.1) is 28.4 Å². The molecule has 1 atom stereocenters. The van der Waals surface area contributed by atoms with Gasteiger partial charge in [-0.2, -0.15) is 5.26 Å². The number of benzene rings is 1. The van der Waals surface area contributed by atoms with Crippen LogP contribution in [-0.4, -0.2) is 0 Å². The molecule has 0 radical (unpaired) electrons. The summed E-state index contributed by atoms with van der Waals surface area (Å²) in [5, 5.41) is 12.9. The Balaban J connectivity index is 2.18. The van der Waals surface area contributed by atoms with Crippen LogP contribution in [0.2, 0.25) is 5.02 Å². The summed E-state index contributed by atoms with van der Waals surface area (Å²) in [6.07, 6.45) is 1.06. The number of anilines is 1. The summed E-state index contributed by atoms with van der Waals surface area (Å²) in [6, 6.07) is 11.9. The number of nitrogens with one attached hydrogen (secondary N) is 1. The number of hydrogen-bond donors (Lipinski definition) is 1. The summed E-state index contributed by atoms with van der Waals surface area (Å²) in [7, 11) is 0. The first kappa shape index (κ1) is 13.9. The van der Waals surface area contributed by atoms with Gasteiger partial charge in [-0.3, -0.25) is 0 Å². The Bertz CT molecular complexity index is 613. The number of halogens is 1. The fourth-order valence-corrected chi connectivity index (χ4v) is 2.95. The van der Waals surface area contributed by atoms with E-state index >= 15 is 0 Å². The highest BCUT2D eigenvalue weighted by Gasteiger charge is 2.10. The van der Waals surface area contributed by atoms with Crippen LogP contribution in [0.4, 0.5) is 5.69 Å². The van der Waals surface area contributed by atoms with E-state index in [2.05, 4.69) is 37.4 Å². The Kier molecular flexibility index (Phi) is 4.47. The standard InChI is InChI=1S/C15H15ClN2S/c1-3-12-5-7-15(19-12)10(2)18-14-8-11(9-17)4-6-13(14)16/h4-8,10,18H,3H2,1-2H3. The summed E-state index contributed by atoms with van der Waals surface area (Å²) >= 11 is 7.95. The van der Waals surface area contributed by atoms with Crippen LogP contribution in [0.1, 0.15) is 35.2 Å². The molecule has 0 spiro atoms. The van der Waals surface area contributed by atoms with Crippen LogP contribution in [0.25, 0.3) is 0 Å². The van der Waals surface area contributed by atoms with Gasteiger partial charge in [0.25, 0.3) is 0 Å². The molecule has 0 fully saturated rings. The molecule has 0 saturated carbocycles. The molecule has 0 aliphatic heterocycles. The predicted molar refractivity (Wildman–Crippen MR) is 81.9 cm³/mol. The minimum Gasteiger partial charge on any atom is -0.376 e. The fourth-order valence-electron chi connectivity index (χ4n) is 1.83. The average molecular weight is 291 g/mol. The van der Waals surface area contributed by atoms with Crippen molar-refractivity contribution in [2.45, 2.75) is 26.3 Å². The largest absolute Gasteiger partial charge is 0.376 e. The normalized spacial score (nSPS) is 11.9. The van der Waals surface area contributed by atoms with Crippen LogP contribution in [-0.2, 0) is 6.42 Å². The molecule has 0 saturated heterocycles. The van der Waals surface area contributed by atoms with Gasteiger partial charge in [-0.1, -0.05) is 18.5 Å². The molecule has 1 aromatic carbocycles. The molecule has 0 aliphatic rings. The summed E-state index contributed by atoms with van der Waals surface area (Å²) in [5.41, 5.74) is 1.42. The lowest BCUT2D eigenvalue weighted by molar-refractivity contribution is 0.908. The molecule has 98 valence electrons. The van der Waals surface area contributed by atoms with Gasteiger partial charge in [-0.15, -0.1) is 11.3 Å². The van der Waals surface area contributed by atoms with Gasteiger partial charge >= 0.3 is 0 Å². The van der Waals surface area contributed by atoms with Crippen molar-refractivity contribution in [3.63, 3.8) is 0 Å². The third-order valence-corrected chi connectivity index (χ3v) is 4.67. The number of nitriles is 1. The van der Waals surface area contributed by atoms with Crippen LogP contribution < -0.4 is 5.32 Å². The quantitative estimate of drug-likeness (QED) is 0.859. The number of hydrogen-bond acceptors (Lipinski definition) is 3. The van der Waals surface area contributed by atoms with Gasteiger partial charge in [0, 0.05) is 9.75 Å². The van der Waals surface area contributed by atoms with Crippen molar-refractivity contribution in [2.24, 2.45) is 0 Å². The maximum atomic E-state index is 8.92. The van der Waals surface area contributed by atoms with Gasteiger partial charge in [-0.05, 0) is 43.7 Å². The van der Waals surface area contributed by atoms with E-state index in [0.29, 0.717) is 10.6 Å². The van der Waals surface area contributed by atoms with Crippen molar-refractivity contribution in [1.82, 2.24) is 0 Å². The van der Waals surface area contributed by atoms with Crippen LogP contribution in [0.3, 0.4) is 0 Å². The van der Waals surface area contributed by atoms with Crippen LogP contribution in [0, 0.1) is 11.3 Å². The minimum absolute atomic E-state index is 0.178. The van der Waals surface area contributed by atoms with Gasteiger partial charge < -0.3 is 5.32 Å². The lowest BCUT2D eigenvalue weighted by atomic mass is 10.2. The number of rotatable bonds is 4. The van der Waals surface area contributed by atoms with Gasteiger partial charge in [-0.25, -0.2) is 0 Å². The van der Waals surface area contributed by atoms with Crippen molar-refractivity contribution in [1.29, 1.82) is 5.26 Å². The Hall–Kier alpha value is -1.50. The minimum atomic E-state index is 0.178. The zero-order chi connectivity index (χ0) is 13.8. The molecule has 1 aromatic heterocycles. The summed E-state index contributed by atoms with van der Waals surface area (Å²) in [5.74, 6) is 0. The summed E-state index contributed by atoms with van der Waals surface area (Å²) in [6.45, 7) is 4.25. The first-order valence-corrected chi connectivity index (χ1v) is 7.38. The Morgan fingerprint density at radius 3 is 2.79 bits per heavy atom. The van der Waals surface area contributed by atoms with Crippen molar-refractivity contribution in [2.75, 3.05) is 5.32 Å². The highest BCUT2D eigenvalue weighted by atomic mass is 35.5. The van der Waals surface area contributed by atoms with E-state index in [1.165, 1.54) is 9.75 Å². The maximum Gasteiger partial charge on any atom is 0.0992 e. The lowest BCUT2D eigenvalue weighted by Crippen LogP contribution is -2.05. The first-order valence-electron chi connectivity index (χ1n) is 6.18. The Morgan fingerprint density at radius 2 is 2.16 bits per heavy atom. The molecule has 4 heteroatoms. The molecule has 0 aliphatic carbocycles. The van der Waals surface area contributed by atoms with E-state index in [4.69, 9.17) is 16.9 Å². The van der Waals surface area contributed by atoms with E-state index in [9.17, 15) is 0 Å². The lowest BCUT2D eigenvalue weighted by Gasteiger charge is -2.15. The molecule has 1 unspecified atom stereocenters. The third kappa shape index (κ3) is 3.28. The van der Waals surface area contributed by atoms with Crippen LogP contribution in [0.15, 0.2) is 30.3 Å². The topological polar surface area (TPSA) is 35.8 Å². The predicted octanol–water partition coefficient (Wildman–Crippen LogP) is 5.01. The van der Waals surface area contributed by atoms with E-state index in [-0.39, 0.29) is 6.04 Å². The molecule has 1 N–H and O–H groups in total. The van der Waals surface area contributed by atoms with E-state index in [1.54, 1.807) is 29.5 Å². The highest BCUT2D eigenvalue weighted by Crippen LogP contribution is 2.30. The zero-order valence-corrected chi connectivity index (χ0v) is 12.5. The average Bonchev–Trinajstić information content (AvgIpc) is 2.90. The van der Waals surface area contributed by atoms with Gasteiger partial charge in [0.2, 0.25) is 0 Å². The van der Waals surface area contributed by atoms with Gasteiger partial charge in [0.1, 0.15) is 0 Å². The molecule has 0 bridgehead atoms. The van der Waals surface area contributed by atoms with Crippen LogP contribution >= 0.6 is 22.9 Å². The molecule has 19 heavy (non-hydrogen) atoms. The van der Waals surface area contributed by atoms with Crippen molar-refractivity contribution in [3.8, 4) is 6.07 Å². The van der Waals surface area contributed by atoms with Crippen molar-refractivity contribution >= 4 is 28.6 Å². The van der Waals surface area contributed by atoms with Crippen molar-refractivity contribution < 1.29 is 0 Å². The number of thiophene rings is 1. The monoisotopic (exact) mass is 290 g/mol. The summed E-state index contributed by atoms with van der Waals surface area (Å²) < 4.78 is 0. The van der Waals surface area contributed by atoms with Gasteiger partial charge in [0.15, 0.2) is 0 Å². The van der Waals surface area contributed by atoms with Crippen molar-refractivity contribution in [3.05, 3.63) is 50.7 Å².